The summed E-state index contributed by atoms with van der Waals surface area (Å²) in [5.41, 5.74) is -5.53. The fourth-order valence-electron chi connectivity index (χ4n) is 1.39. The molecule has 0 N–H and O–H groups in total. The van der Waals surface area contributed by atoms with Gasteiger partial charge in [-0.25, -0.2) is 0 Å². The van der Waals surface area contributed by atoms with Gasteiger partial charge in [0.25, 0.3) is 0 Å². The molecule has 0 radical (unpaired) electrons. The van der Waals surface area contributed by atoms with Gasteiger partial charge < -0.3 is 8.92 Å². The Morgan fingerprint density at radius 1 is 1.14 bits per heavy atom. The van der Waals surface area contributed by atoms with Crippen LogP contribution in [0.2, 0.25) is 0 Å². The Bertz CT molecular complexity index is 663. The topological polar surface area (TPSA) is 86.7 Å². The highest BCUT2D eigenvalue weighted by molar-refractivity contribution is 7.88. The number of benzene rings is 1. The van der Waals surface area contributed by atoms with E-state index in [1.165, 1.54) is 6.92 Å². The molecule has 0 aliphatic rings. The number of halogens is 3. The van der Waals surface area contributed by atoms with Crippen LogP contribution in [0.25, 0.3) is 0 Å². The van der Waals surface area contributed by atoms with E-state index in [-0.39, 0.29) is 5.56 Å². The molecule has 0 saturated carbocycles. The summed E-state index contributed by atoms with van der Waals surface area (Å²) in [5, 5.41) is 0. The van der Waals surface area contributed by atoms with E-state index in [0.29, 0.717) is 0 Å². The minimum atomic E-state index is -5.77. The highest BCUT2D eigenvalue weighted by atomic mass is 32.2. The molecule has 10 heteroatoms. The summed E-state index contributed by atoms with van der Waals surface area (Å²) in [4.78, 5) is 22.5. The van der Waals surface area contributed by atoms with Crippen LogP contribution in [-0.4, -0.2) is 31.8 Å². The molecule has 1 rings (SSSR count). The van der Waals surface area contributed by atoms with Crippen LogP contribution < -0.4 is 4.18 Å². The maximum absolute atomic E-state index is 12.1. The zero-order valence-electron chi connectivity index (χ0n) is 11.4. The highest BCUT2D eigenvalue weighted by Crippen LogP contribution is 2.27. The molecular formula is C12H11F3O6S. The molecule has 1 unspecified atom stereocenters. The molecule has 122 valence electrons. The lowest BCUT2D eigenvalue weighted by Gasteiger charge is -2.12. The number of alkyl halides is 3. The normalized spacial score (nSPS) is 13.3. The summed E-state index contributed by atoms with van der Waals surface area (Å²) in [7, 11) is -5.77. The molecule has 0 aliphatic carbocycles. The van der Waals surface area contributed by atoms with Gasteiger partial charge in [0.1, 0.15) is 5.75 Å². The van der Waals surface area contributed by atoms with E-state index in [1.807, 2.05) is 0 Å². The lowest BCUT2D eigenvalue weighted by Crippen LogP contribution is -2.28. The second-order valence-electron chi connectivity index (χ2n) is 4.12. The number of esters is 1. The van der Waals surface area contributed by atoms with Gasteiger partial charge in [-0.3, -0.25) is 9.59 Å². The van der Waals surface area contributed by atoms with Crippen molar-refractivity contribution in [3.8, 4) is 5.75 Å². The monoisotopic (exact) mass is 340 g/mol. The Morgan fingerprint density at radius 2 is 1.64 bits per heavy atom. The number of Topliss-reactive ketones (excluding diaryl/α,β-unsaturated/α-hetero) is 1. The van der Waals surface area contributed by atoms with Gasteiger partial charge in [0.05, 0.1) is 0 Å². The van der Waals surface area contributed by atoms with Crippen molar-refractivity contribution in [3.05, 3.63) is 29.8 Å². The fraction of sp³-hybridized carbons (Fsp3) is 0.333. The molecule has 0 spiro atoms. The number of rotatable bonds is 5. The van der Waals surface area contributed by atoms with E-state index in [1.54, 1.807) is 0 Å². The summed E-state index contributed by atoms with van der Waals surface area (Å²) in [6.45, 7) is 2.44. The Kier molecular flexibility index (Phi) is 5.17. The van der Waals surface area contributed by atoms with Gasteiger partial charge in [-0.1, -0.05) is 0 Å². The molecule has 1 aromatic rings. The molecule has 1 aromatic carbocycles. The number of carbonyl (C=O) groups is 2. The van der Waals surface area contributed by atoms with Gasteiger partial charge in [0, 0.05) is 12.5 Å². The van der Waals surface area contributed by atoms with E-state index in [2.05, 4.69) is 8.92 Å². The van der Waals surface area contributed by atoms with Gasteiger partial charge in [-0.05, 0) is 31.2 Å². The maximum Gasteiger partial charge on any atom is 0.534 e. The molecule has 0 fully saturated rings. The van der Waals surface area contributed by atoms with E-state index in [4.69, 9.17) is 0 Å². The first-order valence-electron chi connectivity index (χ1n) is 5.76. The Balaban J connectivity index is 2.88. The van der Waals surface area contributed by atoms with E-state index in [9.17, 15) is 31.2 Å². The fourth-order valence-corrected chi connectivity index (χ4v) is 1.84. The van der Waals surface area contributed by atoms with Crippen molar-refractivity contribution >= 4 is 21.9 Å². The lowest BCUT2D eigenvalue weighted by molar-refractivity contribution is -0.143. The molecule has 0 heterocycles. The SMILES string of the molecule is CC(=O)OC(C)C(=O)c1ccc(OS(=O)(=O)C(F)(F)F)cc1. The Hall–Kier alpha value is -2.10. The molecule has 22 heavy (non-hydrogen) atoms. The zero-order valence-corrected chi connectivity index (χ0v) is 12.2. The molecule has 0 aromatic heterocycles. The molecular weight excluding hydrogens is 329 g/mol. The third kappa shape index (κ3) is 4.45. The van der Waals surface area contributed by atoms with Crippen LogP contribution in [0, 0.1) is 0 Å². The van der Waals surface area contributed by atoms with Gasteiger partial charge in [-0.2, -0.15) is 21.6 Å². The minimum Gasteiger partial charge on any atom is -0.454 e. The largest absolute Gasteiger partial charge is 0.534 e. The summed E-state index contributed by atoms with van der Waals surface area (Å²) in [6.07, 6.45) is -1.08. The number of ether oxygens (including phenoxy) is 1. The molecule has 1 atom stereocenters. The van der Waals surface area contributed by atoms with Gasteiger partial charge >= 0.3 is 21.6 Å². The van der Waals surface area contributed by atoms with Crippen molar-refractivity contribution in [2.45, 2.75) is 25.5 Å². The quantitative estimate of drug-likeness (QED) is 0.353. The van der Waals surface area contributed by atoms with Crippen LogP contribution in [0.3, 0.4) is 0 Å². The summed E-state index contributed by atoms with van der Waals surface area (Å²) >= 11 is 0. The lowest BCUT2D eigenvalue weighted by atomic mass is 10.1. The van der Waals surface area contributed by atoms with Crippen molar-refractivity contribution in [3.63, 3.8) is 0 Å². The van der Waals surface area contributed by atoms with Crippen LogP contribution in [0.15, 0.2) is 24.3 Å². The van der Waals surface area contributed by atoms with Crippen molar-refractivity contribution < 1.29 is 40.1 Å². The highest BCUT2D eigenvalue weighted by Gasteiger charge is 2.48. The van der Waals surface area contributed by atoms with E-state index >= 15 is 0 Å². The predicted molar refractivity (Wildman–Crippen MR) is 67.6 cm³/mol. The number of carbonyl (C=O) groups excluding carboxylic acids is 2. The Morgan fingerprint density at radius 3 is 2.05 bits per heavy atom. The van der Waals surface area contributed by atoms with Crippen LogP contribution in [0.4, 0.5) is 13.2 Å². The molecule has 0 amide bonds. The van der Waals surface area contributed by atoms with Crippen LogP contribution in [0.1, 0.15) is 24.2 Å². The van der Waals surface area contributed by atoms with E-state index in [0.717, 1.165) is 31.2 Å². The first-order valence-corrected chi connectivity index (χ1v) is 7.17. The van der Waals surface area contributed by atoms with Gasteiger partial charge in [-0.15, -0.1) is 0 Å². The second kappa shape index (κ2) is 6.34. The van der Waals surface area contributed by atoms with Crippen molar-refractivity contribution in [1.82, 2.24) is 0 Å². The third-order valence-electron chi connectivity index (χ3n) is 2.34. The average molecular weight is 340 g/mol. The Labute approximate surface area is 124 Å². The van der Waals surface area contributed by atoms with Crippen molar-refractivity contribution in [1.29, 1.82) is 0 Å². The molecule has 0 saturated heterocycles. The van der Waals surface area contributed by atoms with Crippen LogP contribution in [0.5, 0.6) is 5.75 Å². The first-order chi connectivity index (χ1) is 9.94. The minimum absolute atomic E-state index is 0.0190. The number of hydrogen-bond acceptors (Lipinski definition) is 6. The zero-order chi connectivity index (χ0) is 17.1. The number of ketones is 1. The summed E-state index contributed by atoms with van der Waals surface area (Å²) in [6, 6.07) is 3.89. The molecule has 0 bridgehead atoms. The average Bonchev–Trinajstić information content (AvgIpc) is 2.36. The second-order valence-corrected chi connectivity index (χ2v) is 5.66. The molecule has 6 nitrogen and oxygen atoms in total. The standard InChI is InChI=1S/C12H11F3O6S/c1-7(20-8(2)16)11(17)9-3-5-10(6-4-9)21-22(18,19)12(13,14)15/h3-7H,1-2H3. The molecule has 0 aliphatic heterocycles. The third-order valence-corrected chi connectivity index (χ3v) is 3.32. The number of hydrogen-bond donors (Lipinski definition) is 0. The summed E-state index contributed by atoms with van der Waals surface area (Å²) in [5.74, 6) is -1.87. The van der Waals surface area contributed by atoms with Crippen molar-refractivity contribution in [2.24, 2.45) is 0 Å². The predicted octanol–water partition coefficient (Wildman–Crippen LogP) is 2.05. The maximum atomic E-state index is 12.1. The van der Waals surface area contributed by atoms with Gasteiger partial charge in [0.2, 0.25) is 5.78 Å². The summed E-state index contributed by atoms with van der Waals surface area (Å²) < 4.78 is 66.5. The van der Waals surface area contributed by atoms with E-state index < -0.39 is 39.2 Å². The smallest absolute Gasteiger partial charge is 0.454 e. The van der Waals surface area contributed by atoms with Gasteiger partial charge in [0.15, 0.2) is 6.10 Å². The van der Waals surface area contributed by atoms with Crippen LogP contribution in [-0.2, 0) is 19.6 Å². The van der Waals surface area contributed by atoms with Crippen LogP contribution >= 0.6 is 0 Å². The first kappa shape index (κ1) is 18.0. The van der Waals surface area contributed by atoms with Crippen molar-refractivity contribution in [2.75, 3.05) is 0 Å².